The predicted octanol–water partition coefficient (Wildman–Crippen LogP) is 4.22. The van der Waals surface area contributed by atoms with Gasteiger partial charge in [-0.25, -0.2) is 0 Å². The number of halogens is 3. The number of nitrogens with zero attached hydrogens (tertiary/aromatic N) is 2. The molecule has 2 aromatic rings. The maximum absolute atomic E-state index is 4.34. The molecule has 0 spiro atoms. The minimum Gasteiger partial charge on any atom is -0.252 e. The summed E-state index contributed by atoms with van der Waals surface area (Å²) >= 11 is 10.3. The van der Waals surface area contributed by atoms with Crippen LogP contribution in [0.15, 0.2) is 44.0 Å². The average Bonchev–Trinajstić information content (AvgIpc) is 2.48. The normalized spacial score (nSPS) is 10.6. The molecule has 15 heavy (non-hydrogen) atoms. The van der Waals surface area contributed by atoms with Gasteiger partial charge in [-0.05, 0) is 53.4 Å². The van der Waals surface area contributed by atoms with Gasteiger partial charge in [-0.15, -0.1) is 0 Å². The molecule has 78 valence electrons. The van der Waals surface area contributed by atoms with Crippen LogP contribution in [0, 0.1) is 0 Å². The molecule has 0 amide bonds. The lowest BCUT2D eigenvalue weighted by Crippen LogP contribution is -2.01. The maximum atomic E-state index is 4.34. The van der Waals surface area contributed by atoms with Crippen molar-refractivity contribution in [2.75, 3.05) is 0 Å². The van der Waals surface area contributed by atoms with Crippen molar-refractivity contribution in [3.05, 3.63) is 49.6 Å². The molecule has 0 fully saturated rings. The Bertz CT molecular complexity index is 465. The molecule has 0 N–H and O–H groups in total. The molecular formula is C10H7Br3N2. The molecule has 0 saturated carbocycles. The fraction of sp³-hybridized carbons (Fsp3) is 0.100. The van der Waals surface area contributed by atoms with Gasteiger partial charge in [-0.2, -0.15) is 5.10 Å². The summed E-state index contributed by atoms with van der Waals surface area (Å²) in [5, 5.41) is 4.34. The Morgan fingerprint density at radius 1 is 1.07 bits per heavy atom. The number of aromatic nitrogens is 2. The summed E-state index contributed by atoms with van der Waals surface area (Å²) in [4.78, 5) is 0. The van der Waals surface area contributed by atoms with Crippen LogP contribution in [0.4, 0.5) is 0 Å². The van der Waals surface area contributed by atoms with Crippen molar-refractivity contribution in [2.45, 2.75) is 6.54 Å². The van der Waals surface area contributed by atoms with Gasteiger partial charge in [-0.1, -0.05) is 30.3 Å². The van der Waals surface area contributed by atoms with E-state index in [0.29, 0.717) is 0 Å². The van der Waals surface area contributed by atoms with Crippen molar-refractivity contribution in [2.24, 2.45) is 0 Å². The fourth-order valence-electron chi connectivity index (χ4n) is 1.25. The molecule has 2 rings (SSSR count). The second-order valence-electron chi connectivity index (χ2n) is 3.04. The first-order valence-corrected chi connectivity index (χ1v) is 6.67. The van der Waals surface area contributed by atoms with Gasteiger partial charge in [0.05, 0.1) is 11.0 Å². The van der Waals surface area contributed by atoms with Gasteiger partial charge in [0.1, 0.15) is 9.21 Å². The highest BCUT2D eigenvalue weighted by atomic mass is 79.9. The summed E-state index contributed by atoms with van der Waals surface area (Å²) in [6, 6.07) is 10.2. The minimum absolute atomic E-state index is 0.756. The molecule has 0 aliphatic heterocycles. The third kappa shape index (κ3) is 2.52. The van der Waals surface area contributed by atoms with Crippen molar-refractivity contribution in [3.8, 4) is 0 Å². The first kappa shape index (κ1) is 11.4. The Hall–Kier alpha value is -0.130. The quantitative estimate of drug-likeness (QED) is 0.745. The highest BCUT2D eigenvalue weighted by molar-refractivity contribution is 9.14. The third-order valence-electron chi connectivity index (χ3n) is 1.97. The van der Waals surface area contributed by atoms with Crippen LogP contribution < -0.4 is 0 Å². The van der Waals surface area contributed by atoms with E-state index in [1.807, 2.05) is 22.9 Å². The molecule has 0 unspecified atom stereocenters. The molecular weight excluding hydrogens is 388 g/mol. The summed E-state index contributed by atoms with van der Waals surface area (Å²) in [7, 11) is 0. The van der Waals surface area contributed by atoms with Crippen molar-refractivity contribution < 1.29 is 0 Å². The van der Waals surface area contributed by atoms with Crippen molar-refractivity contribution >= 4 is 47.8 Å². The van der Waals surface area contributed by atoms with Crippen LogP contribution >= 0.6 is 47.8 Å². The van der Waals surface area contributed by atoms with Gasteiger partial charge in [0, 0.05) is 0 Å². The van der Waals surface area contributed by atoms with Gasteiger partial charge in [0.2, 0.25) is 0 Å². The standard InChI is InChI=1S/C10H7Br3N2/c11-8-9(12)14-15(10(8)13)6-7-4-2-1-3-5-7/h1-5H,6H2. The lowest BCUT2D eigenvalue weighted by Gasteiger charge is -2.02. The van der Waals surface area contributed by atoms with Crippen LogP contribution in [0.5, 0.6) is 0 Å². The van der Waals surface area contributed by atoms with Crippen LogP contribution in [0.2, 0.25) is 0 Å². The third-order valence-corrected chi connectivity index (χ3v) is 5.15. The molecule has 5 heteroatoms. The maximum Gasteiger partial charge on any atom is 0.143 e. The van der Waals surface area contributed by atoms with Gasteiger partial charge in [0.15, 0.2) is 0 Å². The topological polar surface area (TPSA) is 17.8 Å². The zero-order valence-corrected chi connectivity index (χ0v) is 12.4. The van der Waals surface area contributed by atoms with Crippen LogP contribution in [-0.2, 0) is 6.54 Å². The molecule has 0 aliphatic rings. The Balaban J connectivity index is 2.29. The van der Waals surface area contributed by atoms with Crippen molar-refractivity contribution in [1.29, 1.82) is 0 Å². The van der Waals surface area contributed by atoms with Gasteiger partial charge < -0.3 is 0 Å². The fourth-order valence-corrected chi connectivity index (χ4v) is 2.58. The number of hydrogen-bond acceptors (Lipinski definition) is 1. The predicted molar refractivity (Wildman–Crippen MR) is 70.9 cm³/mol. The first-order chi connectivity index (χ1) is 7.18. The molecule has 0 saturated heterocycles. The number of hydrogen-bond donors (Lipinski definition) is 0. The van der Waals surface area contributed by atoms with Crippen LogP contribution in [-0.4, -0.2) is 9.78 Å². The zero-order valence-electron chi connectivity index (χ0n) is 7.62. The van der Waals surface area contributed by atoms with E-state index in [0.717, 1.165) is 20.2 Å². The Morgan fingerprint density at radius 3 is 2.27 bits per heavy atom. The SMILES string of the molecule is Brc1nn(Cc2ccccc2)c(Br)c1Br. The molecule has 2 nitrogen and oxygen atoms in total. The highest BCUT2D eigenvalue weighted by Crippen LogP contribution is 2.30. The second kappa shape index (κ2) is 4.80. The number of benzene rings is 1. The Morgan fingerprint density at radius 2 is 1.73 bits per heavy atom. The van der Waals surface area contributed by atoms with E-state index in [9.17, 15) is 0 Å². The molecule has 1 heterocycles. The van der Waals surface area contributed by atoms with Gasteiger partial charge in [-0.3, -0.25) is 4.68 Å². The minimum atomic E-state index is 0.756. The van der Waals surface area contributed by atoms with Crippen molar-refractivity contribution in [3.63, 3.8) is 0 Å². The van der Waals surface area contributed by atoms with E-state index in [1.54, 1.807) is 0 Å². The molecule has 1 aromatic carbocycles. The zero-order chi connectivity index (χ0) is 10.8. The smallest absolute Gasteiger partial charge is 0.143 e. The van der Waals surface area contributed by atoms with Gasteiger partial charge >= 0.3 is 0 Å². The lowest BCUT2D eigenvalue weighted by atomic mass is 10.2. The first-order valence-electron chi connectivity index (χ1n) is 4.29. The van der Waals surface area contributed by atoms with Crippen molar-refractivity contribution in [1.82, 2.24) is 9.78 Å². The Labute approximate surface area is 113 Å². The summed E-state index contributed by atoms with van der Waals surface area (Å²) in [6.45, 7) is 0.756. The van der Waals surface area contributed by atoms with E-state index in [1.165, 1.54) is 5.56 Å². The van der Waals surface area contributed by atoms with Crippen LogP contribution in [0.3, 0.4) is 0 Å². The lowest BCUT2D eigenvalue weighted by molar-refractivity contribution is 0.667. The summed E-state index contributed by atoms with van der Waals surface area (Å²) in [5.74, 6) is 0. The van der Waals surface area contributed by atoms with E-state index < -0.39 is 0 Å². The van der Waals surface area contributed by atoms with Gasteiger partial charge in [0.25, 0.3) is 0 Å². The molecule has 0 aliphatic carbocycles. The molecule has 0 radical (unpaired) electrons. The molecule has 0 atom stereocenters. The van der Waals surface area contributed by atoms with E-state index in [2.05, 4.69) is 65.0 Å². The van der Waals surface area contributed by atoms with E-state index in [-0.39, 0.29) is 0 Å². The summed E-state index contributed by atoms with van der Waals surface area (Å²) in [6.07, 6.45) is 0. The van der Waals surface area contributed by atoms with Crippen LogP contribution in [0.25, 0.3) is 0 Å². The molecule has 1 aromatic heterocycles. The van der Waals surface area contributed by atoms with E-state index >= 15 is 0 Å². The summed E-state index contributed by atoms with van der Waals surface area (Å²) < 4.78 is 4.59. The van der Waals surface area contributed by atoms with Crippen LogP contribution in [0.1, 0.15) is 5.56 Å². The summed E-state index contributed by atoms with van der Waals surface area (Å²) in [5.41, 5.74) is 1.22. The largest absolute Gasteiger partial charge is 0.252 e. The van der Waals surface area contributed by atoms with E-state index in [4.69, 9.17) is 0 Å². The molecule has 0 bridgehead atoms. The second-order valence-corrected chi connectivity index (χ2v) is 5.33. The monoisotopic (exact) mass is 392 g/mol. The highest BCUT2D eigenvalue weighted by Gasteiger charge is 2.11. The Kier molecular flexibility index (Phi) is 3.64. The average molecular weight is 395 g/mol. The number of rotatable bonds is 2.